The van der Waals surface area contributed by atoms with Crippen LogP contribution < -0.4 is 4.74 Å². The highest BCUT2D eigenvalue weighted by molar-refractivity contribution is 5.98. The van der Waals surface area contributed by atoms with Crippen molar-refractivity contribution < 1.29 is 22.7 Å². The van der Waals surface area contributed by atoms with E-state index < -0.39 is 6.36 Å². The van der Waals surface area contributed by atoms with E-state index in [1.165, 1.54) is 18.2 Å². The number of ether oxygens (including phenoxy) is 1. The number of alkyl halides is 3. The molecule has 2 nitrogen and oxygen atoms in total. The molecule has 0 saturated heterocycles. The zero-order valence-corrected chi connectivity index (χ0v) is 8.49. The maximum absolute atomic E-state index is 12.0. The number of hydrogen-bond donors (Lipinski definition) is 0. The summed E-state index contributed by atoms with van der Waals surface area (Å²) in [7, 11) is 0. The first kappa shape index (κ1) is 11.4. The van der Waals surface area contributed by atoms with E-state index in [1.54, 1.807) is 18.2 Å². The maximum Gasteiger partial charge on any atom is 0.573 e. The van der Waals surface area contributed by atoms with E-state index >= 15 is 0 Å². The second kappa shape index (κ2) is 4.08. The lowest BCUT2D eigenvalue weighted by Gasteiger charge is -2.09. The minimum absolute atomic E-state index is 0.298. The highest BCUT2D eigenvalue weighted by Crippen LogP contribution is 2.27. The Morgan fingerprint density at radius 3 is 2.53 bits per heavy atom. The fourth-order valence-electron chi connectivity index (χ4n) is 1.59. The van der Waals surface area contributed by atoms with Crippen molar-refractivity contribution in [3.8, 4) is 5.75 Å². The molecule has 0 amide bonds. The summed E-state index contributed by atoms with van der Waals surface area (Å²) in [6, 6.07) is 8.67. The highest BCUT2D eigenvalue weighted by Gasteiger charge is 2.31. The third-order valence-corrected chi connectivity index (χ3v) is 2.25. The molecule has 0 aliphatic rings. The standard InChI is InChI=1S/C12H7F3O2/c13-12(14,15)17-10-4-5-11-8(6-10)2-1-3-9(11)7-16/h1-7H. The first-order valence-corrected chi connectivity index (χ1v) is 4.73. The number of fused-ring (bicyclic) bond motifs is 1. The summed E-state index contributed by atoms with van der Waals surface area (Å²) < 4.78 is 39.8. The van der Waals surface area contributed by atoms with Gasteiger partial charge in [0, 0.05) is 5.56 Å². The largest absolute Gasteiger partial charge is 0.573 e. The minimum Gasteiger partial charge on any atom is -0.406 e. The van der Waals surface area contributed by atoms with Gasteiger partial charge in [0.2, 0.25) is 0 Å². The number of halogens is 3. The lowest BCUT2D eigenvalue weighted by Crippen LogP contribution is -2.16. The van der Waals surface area contributed by atoms with Crippen LogP contribution in [0.15, 0.2) is 36.4 Å². The predicted molar refractivity (Wildman–Crippen MR) is 56.0 cm³/mol. The van der Waals surface area contributed by atoms with Gasteiger partial charge in [-0.2, -0.15) is 0 Å². The fourth-order valence-corrected chi connectivity index (χ4v) is 1.59. The first-order valence-electron chi connectivity index (χ1n) is 4.73. The summed E-state index contributed by atoms with van der Waals surface area (Å²) in [4.78, 5) is 10.7. The smallest absolute Gasteiger partial charge is 0.406 e. The first-order chi connectivity index (χ1) is 7.99. The topological polar surface area (TPSA) is 26.3 Å². The molecular formula is C12H7F3O2. The third-order valence-electron chi connectivity index (χ3n) is 2.25. The van der Waals surface area contributed by atoms with E-state index in [2.05, 4.69) is 4.74 Å². The van der Waals surface area contributed by atoms with Gasteiger partial charge in [0.05, 0.1) is 0 Å². The molecule has 0 aromatic heterocycles. The van der Waals surface area contributed by atoms with Gasteiger partial charge in [-0.05, 0) is 29.0 Å². The quantitative estimate of drug-likeness (QED) is 0.750. The van der Waals surface area contributed by atoms with Crippen molar-refractivity contribution >= 4 is 17.1 Å². The van der Waals surface area contributed by atoms with Crippen LogP contribution in [0.5, 0.6) is 5.75 Å². The van der Waals surface area contributed by atoms with E-state index in [9.17, 15) is 18.0 Å². The van der Waals surface area contributed by atoms with Gasteiger partial charge in [0.1, 0.15) is 5.75 Å². The summed E-state index contributed by atoms with van der Waals surface area (Å²) in [5.74, 6) is -0.298. The van der Waals surface area contributed by atoms with Crippen LogP contribution in [-0.2, 0) is 0 Å². The lowest BCUT2D eigenvalue weighted by molar-refractivity contribution is -0.274. The monoisotopic (exact) mass is 240 g/mol. The molecule has 0 fully saturated rings. The highest BCUT2D eigenvalue weighted by atomic mass is 19.4. The normalized spacial score (nSPS) is 11.5. The van der Waals surface area contributed by atoms with Gasteiger partial charge in [-0.1, -0.05) is 18.2 Å². The Labute approximate surface area is 94.6 Å². The Balaban J connectivity index is 2.48. The van der Waals surface area contributed by atoms with Gasteiger partial charge in [-0.3, -0.25) is 4.79 Å². The molecule has 0 spiro atoms. The number of carbonyl (C=O) groups excluding carboxylic acids is 1. The van der Waals surface area contributed by atoms with Crippen LogP contribution >= 0.6 is 0 Å². The summed E-state index contributed by atoms with van der Waals surface area (Å²) >= 11 is 0. The van der Waals surface area contributed by atoms with Crippen LogP contribution in [0.2, 0.25) is 0 Å². The van der Waals surface area contributed by atoms with Gasteiger partial charge in [-0.15, -0.1) is 13.2 Å². The van der Waals surface area contributed by atoms with Crippen molar-refractivity contribution in [2.45, 2.75) is 6.36 Å². The molecule has 2 rings (SSSR count). The molecule has 2 aromatic carbocycles. The summed E-state index contributed by atoms with van der Waals surface area (Å²) in [5.41, 5.74) is 0.432. The van der Waals surface area contributed by atoms with Gasteiger partial charge < -0.3 is 4.74 Å². The van der Waals surface area contributed by atoms with Gasteiger partial charge in [0.25, 0.3) is 0 Å². The summed E-state index contributed by atoms with van der Waals surface area (Å²) in [6.07, 6.45) is -4.05. The van der Waals surface area contributed by atoms with Crippen LogP contribution in [0, 0.1) is 0 Å². The number of benzene rings is 2. The molecule has 0 aliphatic carbocycles. The summed E-state index contributed by atoms with van der Waals surface area (Å²) in [5, 5.41) is 1.12. The van der Waals surface area contributed by atoms with Crippen LogP contribution in [0.3, 0.4) is 0 Å². The average Bonchev–Trinajstić information content (AvgIpc) is 2.25. The number of carbonyl (C=O) groups is 1. The number of hydrogen-bond acceptors (Lipinski definition) is 2. The van der Waals surface area contributed by atoms with E-state index in [1.807, 2.05) is 0 Å². The molecule has 5 heteroatoms. The molecule has 0 unspecified atom stereocenters. The van der Waals surface area contributed by atoms with Crippen LogP contribution in [0.25, 0.3) is 10.8 Å². The Morgan fingerprint density at radius 2 is 1.88 bits per heavy atom. The molecule has 17 heavy (non-hydrogen) atoms. The maximum atomic E-state index is 12.0. The van der Waals surface area contributed by atoms with Crippen molar-refractivity contribution in [2.24, 2.45) is 0 Å². The number of rotatable bonds is 2. The molecule has 0 atom stereocenters. The molecule has 0 radical (unpaired) electrons. The van der Waals surface area contributed by atoms with Crippen LogP contribution in [-0.4, -0.2) is 12.6 Å². The molecule has 0 heterocycles. The van der Waals surface area contributed by atoms with Crippen LogP contribution in [0.4, 0.5) is 13.2 Å². The predicted octanol–water partition coefficient (Wildman–Crippen LogP) is 3.55. The Bertz CT molecular complexity index is 561. The Kier molecular flexibility index (Phi) is 2.75. The molecule has 88 valence electrons. The zero-order chi connectivity index (χ0) is 12.5. The molecule has 0 N–H and O–H groups in total. The molecule has 0 saturated carbocycles. The van der Waals surface area contributed by atoms with E-state index in [0.717, 1.165) is 0 Å². The SMILES string of the molecule is O=Cc1cccc2cc(OC(F)(F)F)ccc12. The second-order valence-electron chi connectivity index (χ2n) is 3.40. The van der Waals surface area contributed by atoms with Crippen molar-refractivity contribution in [1.82, 2.24) is 0 Å². The van der Waals surface area contributed by atoms with Crippen molar-refractivity contribution in [2.75, 3.05) is 0 Å². The third kappa shape index (κ3) is 2.55. The Hall–Kier alpha value is -2.04. The van der Waals surface area contributed by atoms with Crippen molar-refractivity contribution in [1.29, 1.82) is 0 Å². The van der Waals surface area contributed by atoms with E-state index in [0.29, 0.717) is 22.6 Å². The van der Waals surface area contributed by atoms with E-state index in [-0.39, 0.29) is 5.75 Å². The van der Waals surface area contributed by atoms with Gasteiger partial charge in [0.15, 0.2) is 6.29 Å². The average molecular weight is 240 g/mol. The zero-order valence-electron chi connectivity index (χ0n) is 8.49. The Morgan fingerprint density at radius 1 is 1.12 bits per heavy atom. The van der Waals surface area contributed by atoms with Crippen molar-refractivity contribution in [3.05, 3.63) is 42.0 Å². The van der Waals surface area contributed by atoms with E-state index in [4.69, 9.17) is 0 Å². The van der Waals surface area contributed by atoms with Gasteiger partial charge >= 0.3 is 6.36 Å². The minimum atomic E-state index is -4.71. The fraction of sp³-hybridized carbons (Fsp3) is 0.0833. The molecular weight excluding hydrogens is 233 g/mol. The molecule has 0 bridgehead atoms. The van der Waals surface area contributed by atoms with Gasteiger partial charge in [-0.25, -0.2) is 0 Å². The second-order valence-corrected chi connectivity index (χ2v) is 3.40. The summed E-state index contributed by atoms with van der Waals surface area (Å²) in [6.45, 7) is 0. The van der Waals surface area contributed by atoms with Crippen LogP contribution in [0.1, 0.15) is 10.4 Å². The molecule has 2 aromatic rings. The number of aldehydes is 1. The van der Waals surface area contributed by atoms with Crippen molar-refractivity contribution in [3.63, 3.8) is 0 Å². The molecule has 0 aliphatic heterocycles. The lowest BCUT2D eigenvalue weighted by atomic mass is 10.1.